The highest BCUT2D eigenvalue weighted by molar-refractivity contribution is 5.78. The number of cyclic esters (lactones) is 1. The molecule has 2 atom stereocenters. The molecule has 1 aromatic rings. The van der Waals surface area contributed by atoms with Crippen LogP contribution in [-0.4, -0.2) is 18.7 Å². The highest BCUT2D eigenvalue weighted by atomic mass is 16.6. The molecule has 2 unspecified atom stereocenters. The van der Waals surface area contributed by atoms with Gasteiger partial charge < -0.3 is 9.47 Å². The topological polar surface area (TPSA) is 35.5 Å². The molecule has 0 bridgehead atoms. The van der Waals surface area contributed by atoms with E-state index in [1.807, 2.05) is 37.3 Å². The lowest BCUT2D eigenvalue weighted by atomic mass is 10.0. The molecule has 1 aliphatic heterocycles. The minimum atomic E-state index is -0.122. The lowest BCUT2D eigenvalue weighted by Gasteiger charge is -2.32. The molecule has 0 aliphatic carbocycles. The summed E-state index contributed by atoms with van der Waals surface area (Å²) in [6.07, 6.45) is -0.0544. The van der Waals surface area contributed by atoms with Crippen molar-refractivity contribution >= 4 is 5.97 Å². The maximum Gasteiger partial charge on any atom is 0.312 e. The van der Waals surface area contributed by atoms with Gasteiger partial charge in [-0.15, -0.1) is 0 Å². The summed E-state index contributed by atoms with van der Waals surface area (Å²) in [7, 11) is 0. The van der Waals surface area contributed by atoms with Gasteiger partial charge in [0.25, 0.3) is 0 Å². The highest BCUT2D eigenvalue weighted by Gasteiger charge is 2.38. The van der Waals surface area contributed by atoms with E-state index in [9.17, 15) is 4.79 Å². The van der Waals surface area contributed by atoms with Crippen LogP contribution in [0, 0.1) is 5.92 Å². The van der Waals surface area contributed by atoms with E-state index in [1.165, 1.54) is 0 Å². The Labute approximate surface area is 89.0 Å². The van der Waals surface area contributed by atoms with E-state index in [0.29, 0.717) is 13.2 Å². The zero-order valence-electron chi connectivity index (χ0n) is 8.68. The molecule has 15 heavy (non-hydrogen) atoms. The molecule has 0 N–H and O–H groups in total. The van der Waals surface area contributed by atoms with Crippen molar-refractivity contribution in [1.82, 2.24) is 0 Å². The fourth-order valence-corrected chi connectivity index (χ4v) is 1.48. The van der Waals surface area contributed by atoms with Crippen LogP contribution in [0.5, 0.6) is 0 Å². The van der Waals surface area contributed by atoms with E-state index in [0.717, 1.165) is 5.56 Å². The molecule has 1 saturated heterocycles. The summed E-state index contributed by atoms with van der Waals surface area (Å²) in [5.41, 5.74) is 1.14. The minimum Gasteiger partial charge on any atom is -0.459 e. The van der Waals surface area contributed by atoms with Crippen LogP contribution in [0.1, 0.15) is 12.5 Å². The monoisotopic (exact) mass is 206 g/mol. The predicted molar refractivity (Wildman–Crippen MR) is 55.1 cm³/mol. The van der Waals surface area contributed by atoms with Gasteiger partial charge in [0.05, 0.1) is 19.1 Å². The molecule has 3 nitrogen and oxygen atoms in total. The molecular formula is C12H14O3. The molecular weight excluding hydrogens is 192 g/mol. The smallest absolute Gasteiger partial charge is 0.312 e. The number of carbonyl (C=O) groups excluding carboxylic acids is 1. The van der Waals surface area contributed by atoms with E-state index in [-0.39, 0.29) is 18.0 Å². The van der Waals surface area contributed by atoms with E-state index >= 15 is 0 Å². The summed E-state index contributed by atoms with van der Waals surface area (Å²) in [5, 5.41) is 0. The van der Waals surface area contributed by atoms with Gasteiger partial charge in [-0.2, -0.15) is 0 Å². The molecule has 0 saturated carbocycles. The zero-order chi connectivity index (χ0) is 10.7. The van der Waals surface area contributed by atoms with Gasteiger partial charge in [0.2, 0.25) is 0 Å². The van der Waals surface area contributed by atoms with Gasteiger partial charge in [-0.25, -0.2) is 0 Å². The normalized spacial score (nSPS) is 24.5. The van der Waals surface area contributed by atoms with Gasteiger partial charge >= 0.3 is 5.97 Å². The summed E-state index contributed by atoms with van der Waals surface area (Å²) in [6.45, 7) is 2.92. The average molecular weight is 206 g/mol. The van der Waals surface area contributed by atoms with Gasteiger partial charge in [0.15, 0.2) is 0 Å². The first kappa shape index (κ1) is 10.2. The van der Waals surface area contributed by atoms with Crippen LogP contribution < -0.4 is 0 Å². The Morgan fingerprint density at radius 1 is 1.33 bits per heavy atom. The molecule has 0 radical (unpaired) electrons. The number of hydrogen-bond donors (Lipinski definition) is 0. The van der Waals surface area contributed by atoms with Crippen molar-refractivity contribution < 1.29 is 14.3 Å². The van der Waals surface area contributed by atoms with Crippen molar-refractivity contribution in [1.29, 1.82) is 0 Å². The Bertz CT molecular complexity index is 334. The molecule has 0 amide bonds. The van der Waals surface area contributed by atoms with Crippen LogP contribution in [0.15, 0.2) is 30.3 Å². The lowest BCUT2D eigenvalue weighted by molar-refractivity contribution is -0.189. The molecule has 1 heterocycles. The Morgan fingerprint density at radius 3 is 2.67 bits per heavy atom. The van der Waals surface area contributed by atoms with Crippen LogP contribution in [0.25, 0.3) is 0 Å². The fraction of sp³-hybridized carbons (Fsp3) is 0.417. The third kappa shape index (κ3) is 2.36. The maximum absolute atomic E-state index is 10.8. The van der Waals surface area contributed by atoms with E-state index in [1.54, 1.807) is 0 Å². The molecule has 3 heteroatoms. The van der Waals surface area contributed by atoms with Crippen LogP contribution in [-0.2, 0) is 20.9 Å². The number of carbonyl (C=O) groups is 1. The summed E-state index contributed by atoms with van der Waals surface area (Å²) < 4.78 is 10.4. The summed E-state index contributed by atoms with van der Waals surface area (Å²) in [6, 6.07) is 9.95. The first-order valence-corrected chi connectivity index (χ1v) is 5.09. The van der Waals surface area contributed by atoms with Crippen LogP contribution >= 0.6 is 0 Å². The Hall–Kier alpha value is -1.35. The molecule has 0 spiro atoms. The molecule has 1 aliphatic rings. The van der Waals surface area contributed by atoms with Gasteiger partial charge in [-0.3, -0.25) is 4.79 Å². The third-order valence-corrected chi connectivity index (χ3v) is 2.59. The van der Waals surface area contributed by atoms with Gasteiger partial charge in [-0.05, 0) is 12.5 Å². The second-order valence-corrected chi connectivity index (χ2v) is 3.76. The predicted octanol–water partition coefficient (Wildman–Crippen LogP) is 1.76. The van der Waals surface area contributed by atoms with E-state index in [4.69, 9.17) is 9.47 Å². The van der Waals surface area contributed by atoms with Crippen LogP contribution in [0.2, 0.25) is 0 Å². The average Bonchev–Trinajstić information content (AvgIpc) is 2.29. The summed E-state index contributed by atoms with van der Waals surface area (Å²) in [4.78, 5) is 10.8. The number of ether oxygens (including phenoxy) is 2. The number of esters is 1. The number of rotatable bonds is 4. The van der Waals surface area contributed by atoms with Crippen LogP contribution in [0.4, 0.5) is 0 Å². The third-order valence-electron chi connectivity index (χ3n) is 2.59. The number of hydrogen-bond acceptors (Lipinski definition) is 3. The summed E-state index contributed by atoms with van der Waals surface area (Å²) in [5.74, 6) is -0.135. The first-order chi connectivity index (χ1) is 7.27. The van der Waals surface area contributed by atoms with Gasteiger partial charge in [0.1, 0.15) is 6.10 Å². The van der Waals surface area contributed by atoms with Crippen molar-refractivity contribution in [3.05, 3.63) is 35.9 Å². The maximum atomic E-state index is 10.8. The molecule has 1 fully saturated rings. The quantitative estimate of drug-likeness (QED) is 0.704. The Balaban J connectivity index is 1.70. The van der Waals surface area contributed by atoms with Crippen molar-refractivity contribution in [2.75, 3.05) is 6.61 Å². The lowest BCUT2D eigenvalue weighted by Crippen LogP contribution is -2.45. The fourth-order valence-electron chi connectivity index (χ4n) is 1.48. The SMILES string of the molecule is CC1C(=O)OC1COCc1ccccc1. The number of benzene rings is 1. The minimum absolute atomic E-state index is 0.0132. The van der Waals surface area contributed by atoms with Gasteiger partial charge in [-0.1, -0.05) is 30.3 Å². The van der Waals surface area contributed by atoms with Crippen LogP contribution in [0.3, 0.4) is 0 Å². The van der Waals surface area contributed by atoms with Gasteiger partial charge in [0, 0.05) is 0 Å². The second-order valence-electron chi connectivity index (χ2n) is 3.76. The first-order valence-electron chi connectivity index (χ1n) is 5.09. The van der Waals surface area contributed by atoms with Crippen molar-refractivity contribution in [3.63, 3.8) is 0 Å². The van der Waals surface area contributed by atoms with Crippen molar-refractivity contribution in [3.8, 4) is 0 Å². The molecule has 0 aromatic heterocycles. The summed E-state index contributed by atoms with van der Waals surface area (Å²) >= 11 is 0. The molecule has 2 rings (SSSR count). The molecule has 80 valence electrons. The highest BCUT2D eigenvalue weighted by Crippen LogP contribution is 2.21. The van der Waals surface area contributed by atoms with Crippen molar-refractivity contribution in [2.45, 2.75) is 19.6 Å². The second kappa shape index (κ2) is 4.45. The Morgan fingerprint density at radius 2 is 2.07 bits per heavy atom. The zero-order valence-corrected chi connectivity index (χ0v) is 8.68. The van der Waals surface area contributed by atoms with Crippen molar-refractivity contribution in [2.24, 2.45) is 5.92 Å². The van der Waals surface area contributed by atoms with E-state index in [2.05, 4.69) is 0 Å². The molecule has 1 aromatic carbocycles. The van der Waals surface area contributed by atoms with E-state index < -0.39 is 0 Å². The largest absolute Gasteiger partial charge is 0.459 e. The Kier molecular flexibility index (Phi) is 3.02. The standard InChI is InChI=1S/C12H14O3/c1-9-11(15-12(9)13)8-14-7-10-5-3-2-4-6-10/h2-6,9,11H,7-8H2,1H3.